The maximum absolute atomic E-state index is 13.2. The van der Waals surface area contributed by atoms with E-state index in [-0.39, 0.29) is 5.91 Å². The van der Waals surface area contributed by atoms with Gasteiger partial charge in [0, 0.05) is 10.0 Å². The van der Waals surface area contributed by atoms with Gasteiger partial charge in [0.2, 0.25) is 0 Å². The smallest absolute Gasteiger partial charge is 0.251 e. The summed E-state index contributed by atoms with van der Waals surface area (Å²) in [6.45, 7) is 1.69. The Hall–Kier alpha value is -1.46. The molecule has 0 heterocycles. The van der Waals surface area contributed by atoms with Crippen molar-refractivity contribution >= 4 is 33.4 Å². The molecule has 110 valence electrons. The highest BCUT2D eigenvalue weighted by molar-refractivity contribution is 9.10. The van der Waals surface area contributed by atoms with Gasteiger partial charge in [-0.1, -0.05) is 17.7 Å². The predicted molar refractivity (Wildman–Crippen MR) is 81.4 cm³/mol. The van der Waals surface area contributed by atoms with Crippen LogP contribution in [0.15, 0.2) is 40.9 Å². The van der Waals surface area contributed by atoms with Crippen molar-refractivity contribution < 1.29 is 13.6 Å². The summed E-state index contributed by atoms with van der Waals surface area (Å²) >= 11 is 9.10. The third kappa shape index (κ3) is 3.80. The van der Waals surface area contributed by atoms with E-state index in [0.29, 0.717) is 20.6 Å². The first-order chi connectivity index (χ1) is 9.88. The topological polar surface area (TPSA) is 29.1 Å². The number of hydrogen-bond donors (Lipinski definition) is 1. The summed E-state index contributed by atoms with van der Waals surface area (Å²) in [4.78, 5) is 12.1. The first kappa shape index (κ1) is 15.9. The molecular weight excluding hydrogens is 364 g/mol. The molecule has 0 spiro atoms. The zero-order chi connectivity index (χ0) is 15.6. The van der Waals surface area contributed by atoms with Gasteiger partial charge in [-0.3, -0.25) is 4.79 Å². The van der Waals surface area contributed by atoms with Crippen LogP contribution in [0, 0.1) is 11.6 Å². The Bertz CT molecular complexity index is 693. The van der Waals surface area contributed by atoms with Gasteiger partial charge in [-0.05, 0) is 58.7 Å². The second kappa shape index (κ2) is 6.54. The van der Waals surface area contributed by atoms with Crippen LogP contribution in [-0.4, -0.2) is 5.91 Å². The molecule has 2 rings (SSSR count). The molecule has 0 aliphatic heterocycles. The normalized spacial score (nSPS) is 12.0. The van der Waals surface area contributed by atoms with Crippen LogP contribution in [0.1, 0.15) is 28.9 Å². The lowest BCUT2D eigenvalue weighted by atomic mass is 10.1. The Morgan fingerprint density at radius 3 is 2.52 bits per heavy atom. The summed E-state index contributed by atoms with van der Waals surface area (Å²) < 4.78 is 26.7. The van der Waals surface area contributed by atoms with E-state index in [0.717, 1.165) is 12.1 Å². The maximum Gasteiger partial charge on any atom is 0.251 e. The van der Waals surface area contributed by atoms with E-state index in [1.54, 1.807) is 25.1 Å². The van der Waals surface area contributed by atoms with Crippen molar-refractivity contribution in [1.29, 1.82) is 0 Å². The fourth-order valence-corrected chi connectivity index (χ4v) is 2.28. The molecule has 21 heavy (non-hydrogen) atoms. The van der Waals surface area contributed by atoms with Crippen molar-refractivity contribution in [2.75, 3.05) is 0 Å². The number of carbonyl (C=O) groups is 1. The largest absolute Gasteiger partial charge is 0.346 e. The van der Waals surface area contributed by atoms with E-state index in [1.807, 2.05) is 0 Å². The van der Waals surface area contributed by atoms with Crippen molar-refractivity contribution in [2.24, 2.45) is 0 Å². The molecule has 2 nitrogen and oxygen atoms in total. The van der Waals surface area contributed by atoms with Crippen molar-refractivity contribution in [2.45, 2.75) is 13.0 Å². The van der Waals surface area contributed by atoms with Crippen molar-refractivity contribution in [3.63, 3.8) is 0 Å². The molecule has 2 aromatic rings. The fraction of sp³-hybridized carbons (Fsp3) is 0.133. The van der Waals surface area contributed by atoms with Crippen LogP contribution in [-0.2, 0) is 0 Å². The summed E-state index contributed by atoms with van der Waals surface area (Å²) in [5.74, 6) is -2.19. The van der Waals surface area contributed by atoms with Crippen molar-refractivity contribution in [3.8, 4) is 0 Å². The second-order valence-corrected chi connectivity index (χ2v) is 5.76. The summed E-state index contributed by atoms with van der Waals surface area (Å²) in [5, 5.41) is 3.21. The van der Waals surface area contributed by atoms with Crippen molar-refractivity contribution in [3.05, 3.63) is 68.7 Å². The number of amides is 1. The van der Waals surface area contributed by atoms with Gasteiger partial charge < -0.3 is 5.32 Å². The van der Waals surface area contributed by atoms with E-state index >= 15 is 0 Å². The van der Waals surface area contributed by atoms with E-state index in [4.69, 9.17) is 11.6 Å². The van der Waals surface area contributed by atoms with Crippen LogP contribution >= 0.6 is 27.5 Å². The molecule has 6 heteroatoms. The Labute approximate surface area is 134 Å². The molecule has 0 saturated carbocycles. The lowest BCUT2D eigenvalue weighted by Gasteiger charge is -2.15. The second-order valence-electron chi connectivity index (χ2n) is 4.50. The first-order valence-electron chi connectivity index (χ1n) is 6.09. The predicted octanol–water partition coefficient (Wildman–Crippen LogP) is 4.87. The minimum Gasteiger partial charge on any atom is -0.346 e. The lowest BCUT2D eigenvalue weighted by molar-refractivity contribution is 0.0939. The summed E-state index contributed by atoms with van der Waals surface area (Å²) in [7, 11) is 0. The number of hydrogen-bond acceptors (Lipinski definition) is 1. The quantitative estimate of drug-likeness (QED) is 0.816. The van der Waals surface area contributed by atoms with Gasteiger partial charge in [0.05, 0.1) is 11.1 Å². The Morgan fingerprint density at radius 1 is 1.19 bits per heavy atom. The van der Waals surface area contributed by atoms with Gasteiger partial charge >= 0.3 is 0 Å². The van der Waals surface area contributed by atoms with Gasteiger partial charge in [0.25, 0.3) is 5.91 Å². The third-order valence-corrected chi connectivity index (χ3v) is 4.19. The van der Waals surface area contributed by atoms with Crippen LogP contribution in [0.4, 0.5) is 8.78 Å². The van der Waals surface area contributed by atoms with E-state index in [2.05, 4.69) is 21.2 Å². The minimum absolute atomic E-state index is 0.329. The number of benzene rings is 2. The average molecular weight is 375 g/mol. The number of nitrogens with one attached hydrogen (secondary N) is 1. The van der Waals surface area contributed by atoms with Gasteiger partial charge in [0.15, 0.2) is 11.6 Å². The highest BCUT2D eigenvalue weighted by Gasteiger charge is 2.14. The molecule has 1 N–H and O–H groups in total. The highest BCUT2D eigenvalue weighted by atomic mass is 79.9. The monoisotopic (exact) mass is 373 g/mol. The maximum atomic E-state index is 13.2. The molecule has 1 atom stereocenters. The standard InChI is InChI=1S/C15H11BrClF2NO/c1-8(9-3-5-13(18)14(19)7-9)20-15(21)10-2-4-12(17)11(16)6-10/h2-8H,1H3,(H,20,21). The number of rotatable bonds is 3. The van der Waals surface area contributed by atoms with Crippen molar-refractivity contribution in [1.82, 2.24) is 5.32 Å². The van der Waals surface area contributed by atoms with Crippen LogP contribution in [0.25, 0.3) is 0 Å². The zero-order valence-electron chi connectivity index (χ0n) is 11.0. The molecule has 0 radical (unpaired) electrons. The summed E-state index contributed by atoms with van der Waals surface area (Å²) in [5.41, 5.74) is 0.899. The SMILES string of the molecule is CC(NC(=O)c1ccc(Cl)c(Br)c1)c1ccc(F)c(F)c1. The van der Waals surface area contributed by atoms with Crippen LogP contribution in [0.3, 0.4) is 0 Å². The van der Waals surface area contributed by atoms with E-state index in [9.17, 15) is 13.6 Å². The zero-order valence-corrected chi connectivity index (χ0v) is 13.3. The minimum atomic E-state index is -0.942. The first-order valence-corrected chi connectivity index (χ1v) is 7.26. The Kier molecular flexibility index (Phi) is 4.96. The van der Waals surface area contributed by atoms with E-state index < -0.39 is 17.7 Å². The molecular formula is C15H11BrClF2NO. The molecule has 0 aliphatic carbocycles. The third-order valence-electron chi connectivity index (χ3n) is 2.97. The molecule has 1 unspecified atom stereocenters. The van der Waals surface area contributed by atoms with Gasteiger partial charge in [0.1, 0.15) is 0 Å². The van der Waals surface area contributed by atoms with Gasteiger partial charge in [-0.2, -0.15) is 0 Å². The Balaban J connectivity index is 2.14. The molecule has 0 aromatic heterocycles. The van der Waals surface area contributed by atoms with Crippen LogP contribution in [0.2, 0.25) is 5.02 Å². The average Bonchev–Trinajstić information content (AvgIpc) is 2.44. The van der Waals surface area contributed by atoms with Crippen LogP contribution in [0.5, 0.6) is 0 Å². The Morgan fingerprint density at radius 2 is 1.90 bits per heavy atom. The number of halogens is 4. The summed E-state index contributed by atoms with van der Waals surface area (Å²) in [6, 6.07) is 7.85. The molecule has 0 fully saturated rings. The highest BCUT2D eigenvalue weighted by Crippen LogP contribution is 2.24. The number of carbonyl (C=O) groups excluding carboxylic acids is 1. The van der Waals surface area contributed by atoms with Crippen LogP contribution < -0.4 is 5.32 Å². The lowest BCUT2D eigenvalue weighted by Crippen LogP contribution is -2.26. The molecule has 0 saturated heterocycles. The van der Waals surface area contributed by atoms with Gasteiger partial charge in [-0.25, -0.2) is 8.78 Å². The molecule has 0 bridgehead atoms. The van der Waals surface area contributed by atoms with Gasteiger partial charge in [-0.15, -0.1) is 0 Å². The fourth-order valence-electron chi connectivity index (χ4n) is 1.78. The van der Waals surface area contributed by atoms with E-state index in [1.165, 1.54) is 6.07 Å². The molecule has 1 amide bonds. The molecule has 0 aliphatic rings. The molecule has 2 aromatic carbocycles. The summed E-state index contributed by atoms with van der Waals surface area (Å²) in [6.07, 6.45) is 0.